The number of aryl methyl sites for hydroxylation is 1. The summed E-state index contributed by atoms with van der Waals surface area (Å²) in [4.78, 5) is 4.52. The SMILES string of the molecule is COCCC(C)Nc1nc(C)cn1C(C)COC. The molecule has 1 heterocycles. The van der Waals surface area contributed by atoms with Crippen molar-refractivity contribution in [1.29, 1.82) is 0 Å². The van der Waals surface area contributed by atoms with E-state index in [4.69, 9.17) is 9.47 Å². The third kappa shape index (κ3) is 4.31. The molecule has 1 rings (SSSR count). The summed E-state index contributed by atoms with van der Waals surface area (Å²) in [6, 6.07) is 0.605. The number of anilines is 1. The summed E-state index contributed by atoms with van der Waals surface area (Å²) in [6.07, 6.45) is 3.01. The zero-order valence-electron chi connectivity index (χ0n) is 12.1. The number of nitrogens with zero attached hydrogens (tertiary/aromatic N) is 2. The molecule has 5 heteroatoms. The van der Waals surface area contributed by atoms with Gasteiger partial charge in [-0.2, -0.15) is 0 Å². The van der Waals surface area contributed by atoms with Crippen LogP contribution < -0.4 is 5.32 Å². The van der Waals surface area contributed by atoms with Crippen molar-refractivity contribution in [3.05, 3.63) is 11.9 Å². The molecule has 0 saturated carbocycles. The lowest BCUT2D eigenvalue weighted by atomic mass is 10.2. The van der Waals surface area contributed by atoms with Crippen LogP contribution in [0.25, 0.3) is 0 Å². The molecule has 0 fully saturated rings. The predicted molar refractivity (Wildman–Crippen MR) is 73.1 cm³/mol. The molecule has 2 unspecified atom stereocenters. The summed E-state index contributed by atoms with van der Waals surface area (Å²) in [6.45, 7) is 7.68. The van der Waals surface area contributed by atoms with Gasteiger partial charge in [0.1, 0.15) is 0 Å². The number of aromatic nitrogens is 2. The maximum atomic E-state index is 5.20. The van der Waals surface area contributed by atoms with E-state index in [9.17, 15) is 0 Å². The second kappa shape index (κ2) is 7.38. The monoisotopic (exact) mass is 255 g/mol. The Morgan fingerprint density at radius 3 is 2.67 bits per heavy atom. The van der Waals surface area contributed by atoms with Crippen molar-refractivity contribution in [2.24, 2.45) is 0 Å². The number of nitrogens with one attached hydrogen (secondary N) is 1. The first kappa shape index (κ1) is 15.0. The molecule has 0 bridgehead atoms. The fraction of sp³-hybridized carbons (Fsp3) is 0.769. The van der Waals surface area contributed by atoms with Crippen LogP contribution in [0.2, 0.25) is 0 Å². The van der Waals surface area contributed by atoms with E-state index in [1.54, 1.807) is 14.2 Å². The number of ether oxygens (including phenoxy) is 2. The smallest absolute Gasteiger partial charge is 0.203 e. The Morgan fingerprint density at radius 2 is 2.06 bits per heavy atom. The van der Waals surface area contributed by atoms with Crippen LogP contribution in [0, 0.1) is 6.92 Å². The highest BCUT2D eigenvalue weighted by Crippen LogP contribution is 2.17. The van der Waals surface area contributed by atoms with Gasteiger partial charge in [0.05, 0.1) is 18.3 Å². The minimum absolute atomic E-state index is 0.272. The standard InChI is InChI=1S/C13H25N3O2/c1-10(6-7-17-4)14-13-15-11(2)8-16(13)12(3)9-18-5/h8,10,12H,6-7,9H2,1-5H3,(H,14,15). The van der Waals surface area contributed by atoms with Gasteiger partial charge in [-0.3, -0.25) is 0 Å². The van der Waals surface area contributed by atoms with Gasteiger partial charge in [0.2, 0.25) is 5.95 Å². The van der Waals surface area contributed by atoms with E-state index in [1.807, 2.05) is 6.92 Å². The van der Waals surface area contributed by atoms with Crippen molar-refractivity contribution < 1.29 is 9.47 Å². The number of imidazole rings is 1. The lowest BCUT2D eigenvalue weighted by Gasteiger charge is -2.19. The molecule has 104 valence electrons. The predicted octanol–water partition coefficient (Wildman–Crippen LogP) is 2.24. The topological polar surface area (TPSA) is 48.3 Å². The molecule has 1 aromatic rings. The molecule has 0 radical (unpaired) electrons. The molecule has 0 spiro atoms. The Balaban J connectivity index is 2.69. The Bertz CT molecular complexity index is 352. The molecule has 2 atom stereocenters. The van der Waals surface area contributed by atoms with Gasteiger partial charge >= 0.3 is 0 Å². The number of hydrogen-bond acceptors (Lipinski definition) is 4. The highest BCUT2D eigenvalue weighted by atomic mass is 16.5. The largest absolute Gasteiger partial charge is 0.385 e. The average molecular weight is 255 g/mol. The Kier molecular flexibility index (Phi) is 6.15. The summed E-state index contributed by atoms with van der Waals surface area (Å²) >= 11 is 0. The van der Waals surface area contributed by atoms with Crippen LogP contribution in [0.1, 0.15) is 32.0 Å². The quantitative estimate of drug-likeness (QED) is 0.774. The highest BCUT2D eigenvalue weighted by Gasteiger charge is 2.13. The molecule has 1 aromatic heterocycles. The van der Waals surface area contributed by atoms with Gasteiger partial charge < -0.3 is 19.4 Å². The maximum absolute atomic E-state index is 5.20. The van der Waals surface area contributed by atoms with Gasteiger partial charge in [-0.15, -0.1) is 0 Å². The van der Waals surface area contributed by atoms with E-state index in [-0.39, 0.29) is 6.04 Å². The van der Waals surface area contributed by atoms with Crippen molar-refractivity contribution in [3.63, 3.8) is 0 Å². The van der Waals surface area contributed by atoms with E-state index >= 15 is 0 Å². The van der Waals surface area contributed by atoms with Crippen molar-refractivity contribution in [3.8, 4) is 0 Å². The molecule has 0 amide bonds. The first-order valence-electron chi connectivity index (χ1n) is 6.38. The van der Waals surface area contributed by atoms with Crippen LogP contribution in [-0.2, 0) is 9.47 Å². The minimum Gasteiger partial charge on any atom is -0.385 e. The van der Waals surface area contributed by atoms with Gasteiger partial charge in [0.25, 0.3) is 0 Å². The zero-order chi connectivity index (χ0) is 13.5. The Morgan fingerprint density at radius 1 is 1.33 bits per heavy atom. The third-order valence-electron chi connectivity index (χ3n) is 2.87. The highest BCUT2D eigenvalue weighted by molar-refractivity contribution is 5.30. The van der Waals surface area contributed by atoms with Crippen LogP contribution in [0.3, 0.4) is 0 Å². The maximum Gasteiger partial charge on any atom is 0.203 e. The first-order chi connectivity index (χ1) is 8.58. The molecule has 18 heavy (non-hydrogen) atoms. The van der Waals surface area contributed by atoms with Crippen LogP contribution in [0.5, 0.6) is 0 Å². The molecule has 0 aliphatic heterocycles. The second-order valence-electron chi connectivity index (χ2n) is 4.74. The third-order valence-corrected chi connectivity index (χ3v) is 2.87. The number of methoxy groups -OCH3 is 2. The Hall–Kier alpha value is -1.07. The van der Waals surface area contributed by atoms with E-state index in [2.05, 4.69) is 34.9 Å². The van der Waals surface area contributed by atoms with Gasteiger partial charge in [0.15, 0.2) is 0 Å². The van der Waals surface area contributed by atoms with Gasteiger partial charge in [0, 0.05) is 33.1 Å². The minimum atomic E-state index is 0.272. The molecular formula is C13H25N3O2. The molecule has 0 aromatic carbocycles. The van der Waals surface area contributed by atoms with Crippen molar-refractivity contribution in [1.82, 2.24) is 9.55 Å². The Labute approximate surface area is 109 Å². The van der Waals surface area contributed by atoms with Crippen molar-refractivity contribution >= 4 is 5.95 Å². The van der Waals surface area contributed by atoms with Crippen molar-refractivity contribution in [2.75, 3.05) is 32.8 Å². The van der Waals surface area contributed by atoms with Gasteiger partial charge in [-0.05, 0) is 27.2 Å². The van der Waals surface area contributed by atoms with Crippen LogP contribution in [-0.4, -0.2) is 43.0 Å². The molecule has 0 saturated heterocycles. The molecule has 0 aliphatic rings. The molecule has 5 nitrogen and oxygen atoms in total. The summed E-state index contributed by atoms with van der Waals surface area (Å²) in [5, 5.41) is 3.42. The van der Waals surface area contributed by atoms with E-state index in [0.717, 1.165) is 24.7 Å². The fourth-order valence-corrected chi connectivity index (χ4v) is 1.87. The van der Waals surface area contributed by atoms with E-state index < -0.39 is 0 Å². The van der Waals surface area contributed by atoms with Crippen LogP contribution >= 0.6 is 0 Å². The molecule has 0 aliphatic carbocycles. The van der Waals surface area contributed by atoms with Crippen LogP contribution in [0.15, 0.2) is 6.20 Å². The average Bonchev–Trinajstić information content (AvgIpc) is 2.68. The fourth-order valence-electron chi connectivity index (χ4n) is 1.87. The zero-order valence-corrected chi connectivity index (χ0v) is 12.1. The normalized spacial score (nSPS) is 14.5. The lowest BCUT2D eigenvalue weighted by molar-refractivity contribution is 0.162. The van der Waals surface area contributed by atoms with E-state index in [0.29, 0.717) is 12.6 Å². The second-order valence-corrected chi connectivity index (χ2v) is 4.74. The summed E-state index contributed by atoms with van der Waals surface area (Å²) in [5.41, 5.74) is 1.01. The van der Waals surface area contributed by atoms with E-state index in [1.165, 1.54) is 0 Å². The van der Waals surface area contributed by atoms with Gasteiger partial charge in [-0.1, -0.05) is 0 Å². The number of rotatable bonds is 8. The molecular weight excluding hydrogens is 230 g/mol. The summed E-state index contributed by atoms with van der Waals surface area (Å²) in [5.74, 6) is 0.903. The molecule has 1 N–H and O–H groups in total. The van der Waals surface area contributed by atoms with Crippen molar-refractivity contribution in [2.45, 2.75) is 39.3 Å². The van der Waals surface area contributed by atoms with Crippen LogP contribution in [0.4, 0.5) is 5.95 Å². The number of hydrogen-bond donors (Lipinski definition) is 1. The summed E-state index contributed by atoms with van der Waals surface area (Å²) in [7, 11) is 3.44. The summed E-state index contributed by atoms with van der Waals surface area (Å²) < 4.78 is 12.4. The lowest BCUT2D eigenvalue weighted by Crippen LogP contribution is -2.22. The van der Waals surface area contributed by atoms with Gasteiger partial charge in [-0.25, -0.2) is 4.98 Å². The first-order valence-corrected chi connectivity index (χ1v) is 6.38.